The Bertz CT molecular complexity index is 434. The van der Waals surface area contributed by atoms with E-state index in [1.54, 1.807) is 6.20 Å². The number of pyridine rings is 1. The molecule has 1 amide bonds. The fourth-order valence-corrected chi connectivity index (χ4v) is 3.12. The molecule has 1 aromatic rings. The molecule has 1 N–H and O–H groups in total. The van der Waals surface area contributed by atoms with E-state index in [0.29, 0.717) is 12.5 Å². The second-order valence-corrected chi connectivity index (χ2v) is 5.17. The third kappa shape index (κ3) is 1.68. The molecule has 2 aliphatic rings. The lowest BCUT2D eigenvalue weighted by Gasteiger charge is -2.40. The van der Waals surface area contributed by atoms with Gasteiger partial charge in [-0.25, -0.2) is 0 Å². The fourth-order valence-electron chi connectivity index (χ4n) is 3.12. The van der Waals surface area contributed by atoms with Gasteiger partial charge in [-0.2, -0.15) is 0 Å². The summed E-state index contributed by atoms with van der Waals surface area (Å²) in [7, 11) is 0. The lowest BCUT2D eigenvalue weighted by molar-refractivity contribution is -0.124. The Labute approximate surface area is 101 Å². The number of amides is 1. The van der Waals surface area contributed by atoms with E-state index in [1.807, 2.05) is 12.3 Å². The maximum atomic E-state index is 11.5. The summed E-state index contributed by atoms with van der Waals surface area (Å²) in [6.07, 6.45) is 6.29. The molecule has 0 unspecified atom stereocenters. The van der Waals surface area contributed by atoms with Crippen LogP contribution in [-0.2, 0) is 4.79 Å². The third-order valence-electron chi connectivity index (χ3n) is 4.03. The SMILES string of the molecule is C[C@]12CCN(c3cccnc3)[C@H]1CCC(=O)N2. The van der Waals surface area contributed by atoms with E-state index < -0.39 is 0 Å². The van der Waals surface area contributed by atoms with Gasteiger partial charge in [0.25, 0.3) is 0 Å². The van der Waals surface area contributed by atoms with Crippen molar-refractivity contribution in [1.29, 1.82) is 0 Å². The normalized spacial score (nSPS) is 32.2. The summed E-state index contributed by atoms with van der Waals surface area (Å²) < 4.78 is 0. The first-order chi connectivity index (χ1) is 8.19. The van der Waals surface area contributed by atoms with E-state index in [2.05, 4.69) is 28.2 Å². The van der Waals surface area contributed by atoms with E-state index in [9.17, 15) is 4.79 Å². The van der Waals surface area contributed by atoms with Gasteiger partial charge in [0.2, 0.25) is 5.91 Å². The first kappa shape index (κ1) is 10.6. The number of fused-ring (bicyclic) bond motifs is 1. The van der Waals surface area contributed by atoms with Crippen molar-refractivity contribution in [2.24, 2.45) is 0 Å². The van der Waals surface area contributed by atoms with Crippen molar-refractivity contribution in [2.45, 2.75) is 37.8 Å². The minimum absolute atomic E-state index is 0.0643. The summed E-state index contributed by atoms with van der Waals surface area (Å²) in [5.74, 6) is 0.191. The van der Waals surface area contributed by atoms with Crippen LogP contribution in [0.1, 0.15) is 26.2 Å². The zero-order valence-electron chi connectivity index (χ0n) is 10.0. The average Bonchev–Trinajstić information content (AvgIpc) is 2.66. The predicted octanol–water partition coefficient (Wildman–Crippen LogP) is 1.33. The van der Waals surface area contributed by atoms with Crippen molar-refractivity contribution in [3.05, 3.63) is 24.5 Å². The zero-order valence-corrected chi connectivity index (χ0v) is 10.0. The third-order valence-corrected chi connectivity index (χ3v) is 4.03. The van der Waals surface area contributed by atoms with Crippen molar-refractivity contribution in [1.82, 2.24) is 10.3 Å². The number of hydrogen-bond donors (Lipinski definition) is 1. The number of anilines is 1. The van der Waals surface area contributed by atoms with Gasteiger partial charge in [0.15, 0.2) is 0 Å². The van der Waals surface area contributed by atoms with E-state index in [0.717, 1.165) is 25.1 Å². The number of aromatic nitrogens is 1. The molecule has 2 saturated heterocycles. The smallest absolute Gasteiger partial charge is 0.220 e. The zero-order chi connectivity index (χ0) is 11.9. The largest absolute Gasteiger partial charge is 0.365 e. The molecular formula is C13H17N3O. The number of piperidine rings is 1. The fraction of sp³-hybridized carbons (Fsp3) is 0.538. The number of rotatable bonds is 1. The Morgan fingerprint density at radius 2 is 2.47 bits per heavy atom. The van der Waals surface area contributed by atoms with Crippen LogP contribution in [0.5, 0.6) is 0 Å². The van der Waals surface area contributed by atoms with Crippen molar-refractivity contribution in [2.75, 3.05) is 11.4 Å². The maximum absolute atomic E-state index is 11.5. The van der Waals surface area contributed by atoms with Crippen molar-refractivity contribution in [3.63, 3.8) is 0 Å². The molecule has 4 nitrogen and oxygen atoms in total. The molecule has 2 atom stereocenters. The molecule has 17 heavy (non-hydrogen) atoms. The molecule has 2 fully saturated rings. The molecule has 2 aliphatic heterocycles. The highest BCUT2D eigenvalue weighted by atomic mass is 16.1. The van der Waals surface area contributed by atoms with Crippen LogP contribution in [-0.4, -0.2) is 29.0 Å². The van der Waals surface area contributed by atoms with Crippen LogP contribution >= 0.6 is 0 Å². The van der Waals surface area contributed by atoms with Gasteiger partial charge >= 0.3 is 0 Å². The molecule has 0 aromatic carbocycles. The van der Waals surface area contributed by atoms with E-state index in [-0.39, 0.29) is 11.4 Å². The minimum atomic E-state index is -0.0643. The average molecular weight is 231 g/mol. The summed E-state index contributed by atoms with van der Waals surface area (Å²) >= 11 is 0. The van der Waals surface area contributed by atoms with Crippen LogP contribution in [0, 0.1) is 0 Å². The Morgan fingerprint density at radius 1 is 1.59 bits per heavy atom. The molecule has 0 aliphatic carbocycles. The van der Waals surface area contributed by atoms with Crippen LogP contribution in [0.15, 0.2) is 24.5 Å². The molecule has 0 saturated carbocycles. The van der Waals surface area contributed by atoms with Gasteiger partial charge < -0.3 is 10.2 Å². The predicted molar refractivity (Wildman–Crippen MR) is 65.8 cm³/mol. The van der Waals surface area contributed by atoms with Crippen LogP contribution in [0.25, 0.3) is 0 Å². The number of carbonyl (C=O) groups is 1. The highest BCUT2D eigenvalue weighted by Gasteiger charge is 2.47. The molecule has 1 aromatic heterocycles. The van der Waals surface area contributed by atoms with Gasteiger partial charge in [0, 0.05) is 19.2 Å². The lowest BCUT2D eigenvalue weighted by atomic mass is 9.85. The number of hydrogen-bond acceptors (Lipinski definition) is 3. The van der Waals surface area contributed by atoms with Crippen LogP contribution < -0.4 is 10.2 Å². The van der Waals surface area contributed by atoms with Crippen molar-refractivity contribution >= 4 is 11.6 Å². The Hall–Kier alpha value is -1.58. The number of nitrogens with one attached hydrogen (secondary N) is 1. The molecule has 4 heteroatoms. The molecule has 3 heterocycles. The Morgan fingerprint density at radius 3 is 3.24 bits per heavy atom. The molecule has 0 bridgehead atoms. The second kappa shape index (κ2) is 3.72. The topological polar surface area (TPSA) is 45.2 Å². The second-order valence-electron chi connectivity index (χ2n) is 5.17. The Kier molecular flexibility index (Phi) is 2.31. The molecule has 3 rings (SSSR count). The quantitative estimate of drug-likeness (QED) is 0.793. The van der Waals surface area contributed by atoms with E-state index in [1.165, 1.54) is 0 Å². The van der Waals surface area contributed by atoms with Crippen molar-refractivity contribution in [3.8, 4) is 0 Å². The minimum Gasteiger partial charge on any atom is -0.365 e. The lowest BCUT2D eigenvalue weighted by Crippen LogP contribution is -2.58. The summed E-state index contributed by atoms with van der Waals surface area (Å²) in [6.45, 7) is 3.15. The first-order valence-corrected chi connectivity index (χ1v) is 6.17. The number of nitrogens with zero attached hydrogens (tertiary/aromatic N) is 2. The van der Waals surface area contributed by atoms with Crippen LogP contribution in [0.4, 0.5) is 5.69 Å². The van der Waals surface area contributed by atoms with Gasteiger partial charge in [0.05, 0.1) is 23.5 Å². The molecular weight excluding hydrogens is 214 g/mol. The summed E-state index contributed by atoms with van der Waals surface area (Å²) in [5.41, 5.74) is 1.10. The highest BCUT2D eigenvalue weighted by molar-refractivity contribution is 5.78. The molecule has 90 valence electrons. The van der Waals surface area contributed by atoms with E-state index in [4.69, 9.17) is 0 Å². The van der Waals surface area contributed by atoms with Crippen LogP contribution in [0.3, 0.4) is 0 Å². The standard InChI is InChI=1S/C13H17N3O/c1-13-6-8-16(10-3-2-7-14-9-10)11(13)4-5-12(17)15-13/h2-3,7,9,11H,4-6,8H2,1H3,(H,15,17)/t11-,13-/m0/s1. The number of carbonyl (C=O) groups excluding carboxylic acids is 1. The summed E-state index contributed by atoms with van der Waals surface area (Å²) in [5, 5.41) is 3.15. The van der Waals surface area contributed by atoms with E-state index >= 15 is 0 Å². The Balaban J connectivity index is 1.88. The van der Waals surface area contributed by atoms with Gasteiger partial charge in [-0.1, -0.05) is 0 Å². The van der Waals surface area contributed by atoms with Gasteiger partial charge in [-0.15, -0.1) is 0 Å². The maximum Gasteiger partial charge on any atom is 0.220 e. The van der Waals surface area contributed by atoms with Gasteiger partial charge in [-0.05, 0) is 31.9 Å². The van der Waals surface area contributed by atoms with Crippen LogP contribution in [0.2, 0.25) is 0 Å². The van der Waals surface area contributed by atoms with Gasteiger partial charge in [0.1, 0.15) is 0 Å². The molecule has 0 radical (unpaired) electrons. The highest BCUT2D eigenvalue weighted by Crippen LogP contribution is 2.37. The molecule has 0 spiro atoms. The summed E-state index contributed by atoms with van der Waals surface area (Å²) in [4.78, 5) is 18.1. The van der Waals surface area contributed by atoms with Crippen molar-refractivity contribution < 1.29 is 4.79 Å². The monoisotopic (exact) mass is 231 g/mol. The van der Waals surface area contributed by atoms with Gasteiger partial charge in [-0.3, -0.25) is 9.78 Å². The summed E-state index contributed by atoms with van der Waals surface area (Å²) in [6, 6.07) is 4.46. The first-order valence-electron chi connectivity index (χ1n) is 6.17.